The van der Waals surface area contributed by atoms with Crippen LogP contribution in [0.1, 0.15) is 0 Å². The van der Waals surface area contributed by atoms with Gasteiger partial charge in [-0.3, -0.25) is 4.55 Å². The predicted molar refractivity (Wildman–Crippen MR) is 64.3 cm³/mol. The Morgan fingerprint density at radius 1 is 1.44 bits per heavy atom. The zero-order chi connectivity index (χ0) is 11.5. The lowest BCUT2D eigenvalue weighted by molar-refractivity contribution is 0.347. The highest BCUT2D eigenvalue weighted by atomic mass is 35.5. The van der Waals surface area contributed by atoms with E-state index in [1.807, 2.05) is 0 Å². The molecule has 1 aromatic carbocycles. The quantitative estimate of drug-likeness (QED) is 0.677. The molecule has 4 nitrogen and oxygen atoms in total. The van der Waals surface area contributed by atoms with E-state index in [1.54, 1.807) is 30.5 Å². The Hall–Kier alpha value is -1.04. The van der Waals surface area contributed by atoms with Gasteiger partial charge in [-0.2, -0.15) is 0 Å². The molecule has 16 heavy (non-hydrogen) atoms. The van der Waals surface area contributed by atoms with Gasteiger partial charge in [-0.15, -0.1) is 11.6 Å². The van der Waals surface area contributed by atoms with Crippen molar-refractivity contribution in [2.45, 2.75) is 0 Å². The van der Waals surface area contributed by atoms with E-state index < -0.39 is 11.3 Å². The molecule has 0 radical (unpaired) electrons. The molecule has 1 aromatic heterocycles. The summed E-state index contributed by atoms with van der Waals surface area (Å²) in [6, 6.07) is 7.08. The molecule has 1 unspecified atom stereocenters. The monoisotopic (exact) mass is 259 g/mol. The van der Waals surface area contributed by atoms with E-state index in [4.69, 9.17) is 20.9 Å². The van der Waals surface area contributed by atoms with Gasteiger partial charge in [0.1, 0.15) is 12.4 Å². The number of rotatable bonds is 4. The van der Waals surface area contributed by atoms with E-state index in [2.05, 4.69) is 0 Å². The van der Waals surface area contributed by atoms with Crippen LogP contribution in [0.25, 0.3) is 10.9 Å². The molecule has 6 heteroatoms. The number of hydrogen-bond donors (Lipinski definition) is 1. The van der Waals surface area contributed by atoms with Crippen LogP contribution < -0.4 is 4.74 Å². The smallest absolute Gasteiger partial charge is 0.266 e. The molecule has 0 saturated heterocycles. The summed E-state index contributed by atoms with van der Waals surface area (Å²) < 4.78 is 26.8. The molecule has 0 fully saturated rings. The van der Waals surface area contributed by atoms with Gasteiger partial charge in [-0.05, 0) is 18.2 Å². The molecule has 1 atom stereocenters. The summed E-state index contributed by atoms with van der Waals surface area (Å²) in [4.78, 5) is 0. The fourth-order valence-electron chi connectivity index (χ4n) is 1.53. The number of aromatic nitrogens is 1. The van der Waals surface area contributed by atoms with Crippen LogP contribution >= 0.6 is 11.6 Å². The Morgan fingerprint density at radius 2 is 2.25 bits per heavy atom. The SMILES string of the molecule is O=S(O)n1ccc2c(OCCCl)cccc21. The molecule has 1 heterocycles. The van der Waals surface area contributed by atoms with E-state index in [0.717, 1.165) is 5.39 Å². The maximum Gasteiger partial charge on any atom is 0.266 e. The normalized spacial score (nSPS) is 12.9. The Balaban J connectivity index is 2.49. The van der Waals surface area contributed by atoms with E-state index in [1.165, 1.54) is 3.97 Å². The Bertz CT molecular complexity index is 526. The van der Waals surface area contributed by atoms with Crippen molar-refractivity contribution in [1.82, 2.24) is 3.97 Å². The summed E-state index contributed by atoms with van der Waals surface area (Å²) in [5.41, 5.74) is 0.660. The first-order chi connectivity index (χ1) is 7.74. The minimum atomic E-state index is -2.05. The van der Waals surface area contributed by atoms with Crippen molar-refractivity contribution < 1.29 is 13.5 Å². The van der Waals surface area contributed by atoms with Gasteiger partial charge in [0.25, 0.3) is 11.3 Å². The fourth-order valence-corrected chi connectivity index (χ4v) is 2.09. The van der Waals surface area contributed by atoms with Crippen molar-refractivity contribution in [2.75, 3.05) is 12.5 Å². The van der Waals surface area contributed by atoms with Crippen molar-refractivity contribution in [1.29, 1.82) is 0 Å². The van der Waals surface area contributed by atoms with Crippen LogP contribution in [0.4, 0.5) is 0 Å². The first-order valence-corrected chi connectivity index (χ1v) is 6.24. The van der Waals surface area contributed by atoms with Crippen molar-refractivity contribution in [3.63, 3.8) is 0 Å². The zero-order valence-electron chi connectivity index (χ0n) is 8.30. The number of hydrogen-bond acceptors (Lipinski definition) is 2. The molecular weight excluding hydrogens is 250 g/mol. The molecule has 1 N–H and O–H groups in total. The molecule has 0 amide bonds. The topological polar surface area (TPSA) is 51.5 Å². The van der Waals surface area contributed by atoms with Gasteiger partial charge in [-0.25, -0.2) is 8.18 Å². The Labute approximate surface area is 100 Å². The third-order valence-corrected chi connectivity index (χ3v) is 2.97. The van der Waals surface area contributed by atoms with E-state index in [0.29, 0.717) is 23.8 Å². The summed E-state index contributed by atoms with van der Waals surface area (Å²) in [6.45, 7) is 0.411. The van der Waals surface area contributed by atoms with Gasteiger partial charge in [0.2, 0.25) is 0 Å². The number of fused-ring (bicyclic) bond motifs is 1. The molecule has 2 rings (SSSR count). The second kappa shape index (κ2) is 4.86. The lowest BCUT2D eigenvalue weighted by Gasteiger charge is -2.05. The first kappa shape index (κ1) is 11.4. The lowest BCUT2D eigenvalue weighted by Crippen LogP contribution is -2.01. The molecular formula is C10H10ClNO3S. The number of alkyl halides is 1. The molecule has 86 valence electrons. The van der Waals surface area contributed by atoms with Crippen molar-refractivity contribution in [3.05, 3.63) is 30.5 Å². The highest BCUT2D eigenvalue weighted by Gasteiger charge is 2.08. The lowest BCUT2D eigenvalue weighted by atomic mass is 10.2. The van der Waals surface area contributed by atoms with Crippen LogP contribution in [0.3, 0.4) is 0 Å². The van der Waals surface area contributed by atoms with Gasteiger partial charge in [0.05, 0.1) is 11.4 Å². The summed E-state index contributed by atoms with van der Waals surface area (Å²) in [5.74, 6) is 1.07. The van der Waals surface area contributed by atoms with Gasteiger partial charge < -0.3 is 4.74 Å². The Kier molecular flexibility index (Phi) is 3.48. The molecule has 0 saturated carbocycles. The zero-order valence-corrected chi connectivity index (χ0v) is 9.87. The van der Waals surface area contributed by atoms with Crippen LogP contribution in [0.2, 0.25) is 0 Å². The number of benzene rings is 1. The van der Waals surface area contributed by atoms with Gasteiger partial charge in [-0.1, -0.05) is 6.07 Å². The van der Waals surface area contributed by atoms with Crippen LogP contribution in [0.15, 0.2) is 30.5 Å². The van der Waals surface area contributed by atoms with Crippen LogP contribution in [-0.4, -0.2) is 25.2 Å². The number of nitrogens with zero attached hydrogens (tertiary/aromatic N) is 1. The maximum atomic E-state index is 11.0. The third-order valence-electron chi connectivity index (χ3n) is 2.16. The van der Waals surface area contributed by atoms with Gasteiger partial charge in [0, 0.05) is 11.6 Å². The summed E-state index contributed by atoms with van der Waals surface area (Å²) in [7, 11) is 0. The first-order valence-electron chi connectivity index (χ1n) is 4.64. The fraction of sp³-hybridized carbons (Fsp3) is 0.200. The average molecular weight is 260 g/mol. The van der Waals surface area contributed by atoms with E-state index in [9.17, 15) is 4.21 Å². The number of ether oxygens (including phenoxy) is 1. The highest BCUT2D eigenvalue weighted by molar-refractivity contribution is 7.77. The predicted octanol–water partition coefficient (Wildman–Crippen LogP) is 2.24. The summed E-state index contributed by atoms with van der Waals surface area (Å²) in [5, 5.41) is 0.801. The Morgan fingerprint density at radius 3 is 2.94 bits per heavy atom. The van der Waals surface area contributed by atoms with Crippen molar-refractivity contribution in [2.24, 2.45) is 0 Å². The number of halogens is 1. The molecule has 2 aromatic rings. The molecule has 0 bridgehead atoms. The van der Waals surface area contributed by atoms with Crippen LogP contribution in [0, 0.1) is 0 Å². The largest absolute Gasteiger partial charge is 0.492 e. The van der Waals surface area contributed by atoms with E-state index in [-0.39, 0.29) is 0 Å². The highest BCUT2D eigenvalue weighted by Crippen LogP contribution is 2.26. The minimum Gasteiger partial charge on any atom is -0.492 e. The second-order valence-electron chi connectivity index (χ2n) is 3.10. The van der Waals surface area contributed by atoms with Crippen molar-refractivity contribution >= 4 is 33.8 Å². The standard InChI is InChI=1S/C10H10ClNO3S/c11-5-7-15-10-3-1-2-9-8(10)4-6-12(9)16(13)14/h1-4,6H,5,7H2,(H,13,14). The minimum absolute atomic E-state index is 0.406. The van der Waals surface area contributed by atoms with Crippen LogP contribution in [-0.2, 0) is 11.3 Å². The molecule has 0 aliphatic carbocycles. The third kappa shape index (κ3) is 2.07. The van der Waals surface area contributed by atoms with Crippen LogP contribution in [0.5, 0.6) is 5.75 Å². The van der Waals surface area contributed by atoms with Crippen molar-refractivity contribution in [3.8, 4) is 5.75 Å². The van der Waals surface area contributed by atoms with Gasteiger partial charge >= 0.3 is 0 Å². The summed E-state index contributed by atoms with van der Waals surface area (Å²) in [6.07, 6.45) is 1.55. The summed E-state index contributed by atoms with van der Waals surface area (Å²) >= 11 is 3.49. The van der Waals surface area contributed by atoms with E-state index >= 15 is 0 Å². The molecule has 0 spiro atoms. The maximum absolute atomic E-state index is 11.0. The molecule has 0 aliphatic rings. The second-order valence-corrected chi connectivity index (χ2v) is 4.33. The van der Waals surface area contributed by atoms with Gasteiger partial charge in [0.15, 0.2) is 0 Å². The molecule has 0 aliphatic heterocycles. The average Bonchev–Trinajstić information content (AvgIpc) is 2.70.